The van der Waals surface area contributed by atoms with Gasteiger partial charge in [0, 0.05) is 18.4 Å². The van der Waals surface area contributed by atoms with Gasteiger partial charge < -0.3 is 4.74 Å². The van der Waals surface area contributed by atoms with Crippen LogP contribution in [0, 0.1) is 6.92 Å². The van der Waals surface area contributed by atoms with Gasteiger partial charge in [-0.15, -0.1) is 0 Å². The second-order valence-electron chi connectivity index (χ2n) is 2.64. The lowest BCUT2D eigenvalue weighted by Gasteiger charge is -2.08. The van der Waals surface area contributed by atoms with Crippen molar-refractivity contribution in [2.24, 2.45) is 0 Å². The summed E-state index contributed by atoms with van der Waals surface area (Å²) in [6.45, 7) is 3.75. The van der Waals surface area contributed by atoms with Crippen LogP contribution < -0.4 is 0 Å². The number of hydrogen-bond acceptors (Lipinski definition) is 3. The lowest BCUT2D eigenvalue weighted by atomic mass is 10.1. The number of aldehydes is 1. The summed E-state index contributed by atoms with van der Waals surface area (Å²) in [5.74, 6) is 0. The third kappa shape index (κ3) is 1.38. The van der Waals surface area contributed by atoms with E-state index in [-0.39, 0.29) is 6.10 Å². The molecule has 12 heavy (non-hydrogen) atoms. The van der Waals surface area contributed by atoms with Crippen molar-refractivity contribution in [2.45, 2.75) is 20.0 Å². The van der Waals surface area contributed by atoms with Crippen molar-refractivity contribution in [2.75, 3.05) is 7.11 Å². The number of aryl methyl sites for hydroxylation is 1. The molecule has 4 nitrogen and oxygen atoms in total. The Labute approximate surface area is 70.9 Å². The molecule has 66 valence electrons. The molecular formula is C8H12N2O2. The first-order valence-electron chi connectivity index (χ1n) is 3.73. The van der Waals surface area contributed by atoms with E-state index in [2.05, 4.69) is 10.2 Å². The van der Waals surface area contributed by atoms with Gasteiger partial charge in [0.1, 0.15) is 5.69 Å². The molecule has 0 bridgehead atoms. The van der Waals surface area contributed by atoms with E-state index in [0.29, 0.717) is 5.69 Å². The fraction of sp³-hybridized carbons (Fsp3) is 0.500. The highest BCUT2D eigenvalue weighted by molar-refractivity contribution is 5.74. The van der Waals surface area contributed by atoms with E-state index >= 15 is 0 Å². The largest absolute Gasteiger partial charge is 0.377 e. The highest BCUT2D eigenvalue weighted by Crippen LogP contribution is 2.20. The van der Waals surface area contributed by atoms with Crippen LogP contribution >= 0.6 is 0 Å². The summed E-state index contributed by atoms with van der Waals surface area (Å²) in [4.78, 5) is 10.5. The number of carbonyl (C=O) groups is 1. The monoisotopic (exact) mass is 168 g/mol. The number of nitrogens with zero attached hydrogens (tertiary/aromatic N) is 1. The van der Waals surface area contributed by atoms with Gasteiger partial charge in [-0.1, -0.05) is 0 Å². The van der Waals surface area contributed by atoms with Gasteiger partial charge in [-0.05, 0) is 13.8 Å². The lowest BCUT2D eigenvalue weighted by Crippen LogP contribution is -2.00. The predicted octanol–water partition coefficient (Wildman–Crippen LogP) is 1.24. The number of carbonyl (C=O) groups excluding carboxylic acids is 1. The number of rotatable bonds is 3. The Balaban J connectivity index is 3.09. The summed E-state index contributed by atoms with van der Waals surface area (Å²) in [7, 11) is 1.60. The highest BCUT2D eigenvalue weighted by Gasteiger charge is 2.15. The van der Waals surface area contributed by atoms with Crippen LogP contribution in [0.3, 0.4) is 0 Å². The summed E-state index contributed by atoms with van der Waals surface area (Å²) in [6, 6.07) is 0. The summed E-state index contributed by atoms with van der Waals surface area (Å²) in [6.07, 6.45) is 0.637. The molecule has 1 heterocycles. The van der Waals surface area contributed by atoms with Crippen LogP contribution in [-0.4, -0.2) is 23.6 Å². The zero-order valence-corrected chi connectivity index (χ0v) is 7.42. The third-order valence-corrected chi connectivity index (χ3v) is 1.90. The number of hydrogen-bond donors (Lipinski definition) is 1. The molecule has 0 fully saturated rings. The molecular weight excluding hydrogens is 156 g/mol. The molecule has 0 saturated heterocycles. The van der Waals surface area contributed by atoms with Crippen LogP contribution in [0.25, 0.3) is 0 Å². The first-order chi connectivity index (χ1) is 5.70. The predicted molar refractivity (Wildman–Crippen MR) is 44.1 cm³/mol. The van der Waals surface area contributed by atoms with E-state index in [1.165, 1.54) is 0 Å². The molecule has 1 aromatic rings. The SMILES string of the molecule is COC(C)c1c(C=O)n[nH]c1C. The standard InChI is InChI=1S/C8H12N2O2/c1-5-8(6(2)12-3)7(4-11)10-9-5/h4,6H,1-3H3,(H,9,10). The maximum Gasteiger partial charge on any atom is 0.170 e. The smallest absolute Gasteiger partial charge is 0.170 e. The van der Waals surface area contributed by atoms with Gasteiger partial charge in [0.05, 0.1) is 6.10 Å². The number of aromatic amines is 1. The van der Waals surface area contributed by atoms with E-state index in [1.807, 2.05) is 13.8 Å². The summed E-state index contributed by atoms with van der Waals surface area (Å²) >= 11 is 0. The highest BCUT2D eigenvalue weighted by atomic mass is 16.5. The van der Waals surface area contributed by atoms with Crippen molar-refractivity contribution in [3.63, 3.8) is 0 Å². The average Bonchev–Trinajstić information content (AvgIpc) is 2.45. The molecule has 4 heteroatoms. The second-order valence-corrected chi connectivity index (χ2v) is 2.64. The van der Waals surface area contributed by atoms with Crippen molar-refractivity contribution in [1.82, 2.24) is 10.2 Å². The van der Waals surface area contributed by atoms with E-state index in [1.54, 1.807) is 7.11 Å². The zero-order chi connectivity index (χ0) is 9.14. The molecule has 1 rings (SSSR count). The number of nitrogens with one attached hydrogen (secondary N) is 1. The number of H-pyrrole nitrogens is 1. The Morgan fingerprint density at radius 2 is 2.33 bits per heavy atom. The molecule has 1 unspecified atom stereocenters. The van der Waals surface area contributed by atoms with Crippen molar-refractivity contribution in [3.05, 3.63) is 17.0 Å². The fourth-order valence-corrected chi connectivity index (χ4v) is 1.18. The van der Waals surface area contributed by atoms with Crippen molar-refractivity contribution in [1.29, 1.82) is 0 Å². The van der Waals surface area contributed by atoms with Crippen LogP contribution in [0.2, 0.25) is 0 Å². The van der Waals surface area contributed by atoms with E-state index in [0.717, 1.165) is 17.5 Å². The molecule has 0 aromatic carbocycles. The van der Waals surface area contributed by atoms with Crippen molar-refractivity contribution in [3.8, 4) is 0 Å². The Kier molecular flexibility index (Phi) is 2.60. The Morgan fingerprint density at radius 3 is 2.83 bits per heavy atom. The molecule has 0 spiro atoms. The number of ether oxygens (including phenoxy) is 1. The molecule has 0 radical (unpaired) electrons. The summed E-state index contributed by atoms with van der Waals surface area (Å²) in [5, 5.41) is 6.57. The van der Waals surface area contributed by atoms with Crippen LogP contribution in [0.1, 0.15) is 34.8 Å². The van der Waals surface area contributed by atoms with E-state index in [9.17, 15) is 4.79 Å². The molecule has 0 amide bonds. The van der Waals surface area contributed by atoms with Gasteiger partial charge in [0.2, 0.25) is 0 Å². The molecule has 1 atom stereocenters. The van der Waals surface area contributed by atoms with Crippen molar-refractivity contribution < 1.29 is 9.53 Å². The van der Waals surface area contributed by atoms with Gasteiger partial charge in [-0.25, -0.2) is 0 Å². The normalized spacial score (nSPS) is 12.9. The Bertz CT molecular complexity index is 281. The maximum absolute atomic E-state index is 10.5. The molecule has 0 aliphatic rings. The van der Waals surface area contributed by atoms with Crippen LogP contribution in [0.4, 0.5) is 0 Å². The first kappa shape index (κ1) is 8.93. The quantitative estimate of drug-likeness (QED) is 0.691. The van der Waals surface area contributed by atoms with Gasteiger partial charge in [-0.2, -0.15) is 5.10 Å². The van der Waals surface area contributed by atoms with Gasteiger partial charge >= 0.3 is 0 Å². The summed E-state index contributed by atoms with van der Waals surface area (Å²) in [5.41, 5.74) is 2.15. The number of methoxy groups -OCH3 is 1. The van der Waals surface area contributed by atoms with Gasteiger partial charge in [0.25, 0.3) is 0 Å². The van der Waals surface area contributed by atoms with Crippen LogP contribution in [0.5, 0.6) is 0 Å². The third-order valence-electron chi connectivity index (χ3n) is 1.90. The minimum atomic E-state index is -0.0936. The topological polar surface area (TPSA) is 55.0 Å². The zero-order valence-electron chi connectivity index (χ0n) is 7.42. The van der Waals surface area contributed by atoms with Gasteiger partial charge in [0.15, 0.2) is 6.29 Å². The minimum Gasteiger partial charge on any atom is -0.377 e. The number of aromatic nitrogens is 2. The van der Waals surface area contributed by atoms with Crippen molar-refractivity contribution >= 4 is 6.29 Å². The molecule has 0 aliphatic heterocycles. The van der Waals surface area contributed by atoms with Gasteiger partial charge in [-0.3, -0.25) is 9.89 Å². The van der Waals surface area contributed by atoms with E-state index in [4.69, 9.17) is 4.74 Å². The Morgan fingerprint density at radius 1 is 1.67 bits per heavy atom. The first-order valence-corrected chi connectivity index (χ1v) is 3.73. The fourth-order valence-electron chi connectivity index (χ4n) is 1.18. The van der Waals surface area contributed by atoms with Crippen LogP contribution in [0.15, 0.2) is 0 Å². The maximum atomic E-state index is 10.5. The molecule has 0 aliphatic carbocycles. The van der Waals surface area contributed by atoms with E-state index < -0.39 is 0 Å². The molecule has 0 saturated carbocycles. The average molecular weight is 168 g/mol. The summed E-state index contributed by atoms with van der Waals surface area (Å²) < 4.78 is 5.10. The van der Waals surface area contributed by atoms with Crippen LogP contribution in [-0.2, 0) is 4.74 Å². The Hall–Kier alpha value is -1.16. The molecule has 1 N–H and O–H groups in total. The molecule has 1 aromatic heterocycles. The minimum absolute atomic E-state index is 0.0936. The lowest BCUT2D eigenvalue weighted by molar-refractivity contribution is 0.108. The second kappa shape index (κ2) is 3.49.